The Bertz CT molecular complexity index is 3510. The summed E-state index contributed by atoms with van der Waals surface area (Å²) < 4.78 is 2.59. The summed E-state index contributed by atoms with van der Waals surface area (Å²) in [6, 6.07) is 85.4. The average molecular weight is 900 g/mol. The number of hydrogen-bond acceptors (Lipinski definition) is 2. The fourth-order valence-electron chi connectivity index (χ4n) is 10.0. The molecule has 11 rings (SSSR count). The first-order valence-electron chi connectivity index (χ1n) is 24.2. The lowest BCUT2D eigenvalue weighted by Gasteiger charge is -2.26. The van der Waals surface area contributed by atoms with Crippen molar-refractivity contribution in [3.05, 3.63) is 296 Å². The monoisotopic (exact) mass is 899 g/mol. The summed E-state index contributed by atoms with van der Waals surface area (Å²) in [6.07, 6.45) is 13.9. The predicted octanol–water partition coefficient (Wildman–Crippen LogP) is 18.5. The fraction of sp³-hybridized carbons (Fsp3) is 0.0448. The van der Waals surface area contributed by atoms with Crippen LogP contribution in [0, 0.1) is 0 Å². The van der Waals surface area contributed by atoms with Crippen molar-refractivity contribution in [1.29, 1.82) is 0 Å². The van der Waals surface area contributed by atoms with Crippen LogP contribution in [0.4, 0.5) is 28.4 Å². The van der Waals surface area contributed by atoms with E-state index < -0.39 is 0 Å². The minimum atomic E-state index is 0.0755. The minimum Gasteiger partial charge on any atom is -0.333 e. The molecular weight excluding hydrogens is 847 g/mol. The Hall–Kier alpha value is -8.92. The summed E-state index contributed by atoms with van der Waals surface area (Å²) in [6.45, 7) is 6.49. The molecule has 0 saturated carbocycles. The van der Waals surface area contributed by atoms with Crippen LogP contribution in [-0.2, 0) is 0 Å². The summed E-state index contributed by atoms with van der Waals surface area (Å²) in [5.41, 5.74) is 18.5. The summed E-state index contributed by atoms with van der Waals surface area (Å²) in [4.78, 5) is 4.51. The van der Waals surface area contributed by atoms with Crippen LogP contribution in [0.3, 0.4) is 0 Å². The van der Waals surface area contributed by atoms with E-state index in [0.717, 1.165) is 46.1 Å². The molecule has 1 aliphatic rings. The van der Waals surface area contributed by atoms with Gasteiger partial charge in [0.2, 0.25) is 0 Å². The Kier molecular flexibility index (Phi) is 12.3. The van der Waals surface area contributed by atoms with E-state index in [0.29, 0.717) is 0 Å². The Balaban J connectivity index is 1.03. The number of fused-ring (bicyclic) bond motifs is 3. The minimum absolute atomic E-state index is 0.0755. The maximum atomic E-state index is 4.47. The Morgan fingerprint density at radius 1 is 0.457 bits per heavy atom. The lowest BCUT2D eigenvalue weighted by molar-refractivity contribution is 0.658. The third-order valence-corrected chi connectivity index (χ3v) is 13.4. The van der Waals surface area contributed by atoms with E-state index in [1.54, 1.807) is 0 Å². The summed E-state index contributed by atoms with van der Waals surface area (Å²) in [5.74, 6) is 0. The van der Waals surface area contributed by atoms with Gasteiger partial charge in [0.1, 0.15) is 0 Å². The van der Waals surface area contributed by atoms with Gasteiger partial charge in [0.05, 0.1) is 6.04 Å². The number of aromatic nitrogens is 1. The highest BCUT2D eigenvalue weighted by Gasteiger charge is 2.24. The second-order valence-corrected chi connectivity index (χ2v) is 17.8. The van der Waals surface area contributed by atoms with Crippen LogP contribution in [0.1, 0.15) is 30.5 Å². The first-order chi connectivity index (χ1) is 34.6. The van der Waals surface area contributed by atoms with Gasteiger partial charge in [0.15, 0.2) is 0 Å². The number of allylic oxidation sites excluding steroid dienone is 8. The van der Waals surface area contributed by atoms with Crippen LogP contribution in [0.2, 0.25) is 0 Å². The maximum Gasteiger partial charge on any atom is 0.0572 e. The number of nitrogens with zero attached hydrogens (tertiary/aromatic N) is 3. The average Bonchev–Trinajstić information content (AvgIpc) is 3.76. The van der Waals surface area contributed by atoms with Gasteiger partial charge in [-0.05, 0) is 149 Å². The quantitative estimate of drug-likeness (QED) is 0.107. The van der Waals surface area contributed by atoms with Crippen molar-refractivity contribution in [3.63, 3.8) is 0 Å². The van der Waals surface area contributed by atoms with Gasteiger partial charge in [-0.1, -0.05) is 189 Å². The summed E-state index contributed by atoms with van der Waals surface area (Å²) in [5, 5.41) is 2.46. The molecule has 0 amide bonds. The van der Waals surface area contributed by atoms with Gasteiger partial charge in [0.25, 0.3) is 0 Å². The number of rotatable bonds is 13. The molecule has 0 bridgehead atoms. The molecule has 0 radical (unpaired) electrons. The van der Waals surface area contributed by atoms with Crippen LogP contribution in [0.5, 0.6) is 0 Å². The van der Waals surface area contributed by atoms with Gasteiger partial charge in [-0.3, -0.25) is 0 Å². The molecule has 0 spiro atoms. The second kappa shape index (κ2) is 19.7. The summed E-state index contributed by atoms with van der Waals surface area (Å²) >= 11 is 0. The van der Waals surface area contributed by atoms with Crippen molar-refractivity contribution in [3.8, 4) is 22.3 Å². The molecule has 0 N–H and O–H groups in total. The van der Waals surface area contributed by atoms with E-state index in [1.807, 2.05) is 31.2 Å². The molecule has 10 aromatic rings. The first kappa shape index (κ1) is 43.6. The number of anilines is 5. The van der Waals surface area contributed by atoms with E-state index in [2.05, 4.69) is 270 Å². The number of benzene rings is 9. The number of hydrogen-bond donors (Lipinski definition) is 0. The Labute approximate surface area is 411 Å². The molecule has 336 valence electrons. The fourth-order valence-corrected chi connectivity index (χ4v) is 10.0. The van der Waals surface area contributed by atoms with Crippen molar-refractivity contribution in [2.75, 3.05) is 9.80 Å². The van der Waals surface area contributed by atoms with Gasteiger partial charge < -0.3 is 14.4 Å². The van der Waals surface area contributed by atoms with E-state index in [4.69, 9.17) is 0 Å². The predicted molar refractivity (Wildman–Crippen MR) is 299 cm³/mol. The van der Waals surface area contributed by atoms with Gasteiger partial charge in [0, 0.05) is 55.9 Å². The van der Waals surface area contributed by atoms with E-state index >= 15 is 0 Å². The zero-order valence-electron chi connectivity index (χ0n) is 39.3. The molecule has 1 atom stereocenters. The molecule has 1 heterocycles. The van der Waals surface area contributed by atoms with Gasteiger partial charge >= 0.3 is 0 Å². The SMILES string of the molecule is C=C(/C=C\C=C/C)N(c1ccccc1)c1ccc(-c2ccc3c(c2)c2cc(-c4ccc(N(c5ccccc5)c5ccccc5)cc4)ccc2n3C2C=C(c3ccccc3)C=C(c3ccccc3)C2)cc1. The highest BCUT2D eigenvalue weighted by molar-refractivity contribution is 6.11. The van der Waals surface area contributed by atoms with Crippen LogP contribution in [-0.4, -0.2) is 4.57 Å². The molecule has 3 nitrogen and oxygen atoms in total. The lowest BCUT2D eigenvalue weighted by Crippen LogP contribution is -2.14. The third-order valence-electron chi connectivity index (χ3n) is 13.4. The molecule has 0 saturated heterocycles. The van der Waals surface area contributed by atoms with Gasteiger partial charge in [-0.15, -0.1) is 0 Å². The second-order valence-electron chi connectivity index (χ2n) is 17.8. The zero-order valence-corrected chi connectivity index (χ0v) is 39.3. The number of para-hydroxylation sites is 3. The molecule has 1 aromatic heterocycles. The molecule has 1 aliphatic carbocycles. The largest absolute Gasteiger partial charge is 0.333 e. The van der Waals surface area contributed by atoms with Crippen molar-refractivity contribution < 1.29 is 0 Å². The van der Waals surface area contributed by atoms with E-state index in [1.165, 1.54) is 60.8 Å². The maximum absolute atomic E-state index is 4.47. The molecule has 70 heavy (non-hydrogen) atoms. The molecular formula is C67H53N3. The smallest absolute Gasteiger partial charge is 0.0572 e. The Morgan fingerprint density at radius 3 is 1.40 bits per heavy atom. The van der Waals surface area contributed by atoms with Crippen LogP contribution in [0.25, 0.3) is 55.2 Å². The highest BCUT2D eigenvalue weighted by Crippen LogP contribution is 2.44. The standard InChI is InChI=1S/C67H53N3/c1-3-4-10-21-49(2)68(58-26-15-7-16-27-58)61-38-32-52(33-39-61)54-36-42-66-64(47-54)65-48-55(53-34-40-62(41-35-53)69(59-28-17-8-18-29-59)60-30-19-9-20-31-60)37-43-67(65)70(66)63-45-56(50-22-11-5-12-23-50)44-57(46-63)51-24-13-6-14-25-51/h3-45,47-48,63H,2,46H2,1H3/b4-3-,21-10-. The van der Waals surface area contributed by atoms with Gasteiger partial charge in [-0.25, -0.2) is 0 Å². The van der Waals surface area contributed by atoms with Crippen molar-refractivity contribution in [2.45, 2.75) is 19.4 Å². The normalized spacial score (nSPS) is 13.7. The molecule has 9 aromatic carbocycles. The molecule has 1 unspecified atom stereocenters. The molecule has 3 heteroatoms. The molecule has 0 aliphatic heterocycles. The first-order valence-corrected chi connectivity index (χ1v) is 24.2. The van der Waals surface area contributed by atoms with Gasteiger partial charge in [-0.2, -0.15) is 0 Å². The van der Waals surface area contributed by atoms with Crippen LogP contribution < -0.4 is 9.80 Å². The molecule has 0 fully saturated rings. The van der Waals surface area contributed by atoms with Crippen LogP contribution in [0.15, 0.2) is 285 Å². The highest BCUT2D eigenvalue weighted by atomic mass is 15.1. The topological polar surface area (TPSA) is 11.4 Å². The Morgan fingerprint density at radius 2 is 0.886 bits per heavy atom. The van der Waals surface area contributed by atoms with Crippen molar-refractivity contribution in [2.24, 2.45) is 0 Å². The van der Waals surface area contributed by atoms with E-state index in [-0.39, 0.29) is 6.04 Å². The van der Waals surface area contributed by atoms with E-state index in [9.17, 15) is 0 Å². The zero-order chi connectivity index (χ0) is 47.2. The van der Waals surface area contributed by atoms with Crippen LogP contribution >= 0.6 is 0 Å². The van der Waals surface area contributed by atoms with Crippen molar-refractivity contribution in [1.82, 2.24) is 4.57 Å². The van der Waals surface area contributed by atoms with Crippen molar-refractivity contribution >= 4 is 61.4 Å². The summed E-state index contributed by atoms with van der Waals surface area (Å²) in [7, 11) is 0. The third kappa shape index (κ3) is 8.85. The lowest BCUT2D eigenvalue weighted by atomic mass is 9.88.